The Morgan fingerprint density at radius 3 is 2.67 bits per heavy atom. The van der Waals surface area contributed by atoms with Crippen molar-refractivity contribution >= 4 is 34.9 Å². The predicted molar refractivity (Wildman–Crippen MR) is 75.3 cm³/mol. The Labute approximate surface area is 110 Å². The van der Waals surface area contributed by atoms with Gasteiger partial charge in [0.2, 0.25) is 5.95 Å². The Balaban J connectivity index is 2.26. The first-order valence-electron chi connectivity index (χ1n) is 5.59. The van der Waals surface area contributed by atoms with E-state index in [9.17, 15) is 0 Å². The van der Waals surface area contributed by atoms with Gasteiger partial charge in [0.25, 0.3) is 0 Å². The second-order valence-corrected chi connectivity index (χ2v) is 4.04. The van der Waals surface area contributed by atoms with E-state index in [1.807, 2.05) is 25.1 Å². The van der Waals surface area contributed by atoms with Crippen molar-refractivity contribution in [2.24, 2.45) is 0 Å². The molecule has 0 saturated carbocycles. The number of aromatic nitrogens is 2. The van der Waals surface area contributed by atoms with Gasteiger partial charge in [-0.1, -0.05) is 23.7 Å². The van der Waals surface area contributed by atoms with Crippen LogP contribution < -0.4 is 16.4 Å². The lowest BCUT2D eigenvalue weighted by Gasteiger charge is -2.09. The summed E-state index contributed by atoms with van der Waals surface area (Å²) in [4.78, 5) is 8.18. The van der Waals surface area contributed by atoms with Gasteiger partial charge in [0.05, 0.1) is 10.7 Å². The summed E-state index contributed by atoms with van der Waals surface area (Å²) >= 11 is 6.06. The van der Waals surface area contributed by atoms with Crippen molar-refractivity contribution in [2.45, 2.75) is 6.92 Å². The van der Waals surface area contributed by atoms with Crippen molar-refractivity contribution in [1.29, 1.82) is 0 Å². The van der Waals surface area contributed by atoms with Crippen molar-refractivity contribution in [3.05, 3.63) is 35.4 Å². The summed E-state index contributed by atoms with van der Waals surface area (Å²) in [6.45, 7) is 2.75. The normalized spacial score (nSPS) is 10.1. The number of rotatable bonds is 4. The van der Waals surface area contributed by atoms with E-state index in [4.69, 9.17) is 17.3 Å². The fourth-order valence-electron chi connectivity index (χ4n) is 1.50. The Kier molecular flexibility index (Phi) is 3.84. The highest BCUT2D eigenvalue weighted by molar-refractivity contribution is 6.33. The number of nitrogens with two attached hydrogens (primary N) is 1. The molecule has 94 valence electrons. The van der Waals surface area contributed by atoms with Crippen LogP contribution in [-0.4, -0.2) is 16.5 Å². The van der Waals surface area contributed by atoms with Gasteiger partial charge < -0.3 is 16.4 Å². The lowest BCUT2D eigenvalue weighted by atomic mass is 10.3. The molecule has 5 nitrogen and oxygen atoms in total. The number of hydrogen-bond acceptors (Lipinski definition) is 5. The van der Waals surface area contributed by atoms with Crippen LogP contribution in [0.25, 0.3) is 0 Å². The highest BCUT2D eigenvalue weighted by Crippen LogP contribution is 2.25. The minimum Gasteiger partial charge on any atom is -0.370 e. The monoisotopic (exact) mass is 263 g/mol. The molecule has 0 unspecified atom stereocenters. The molecule has 0 aliphatic rings. The lowest BCUT2D eigenvalue weighted by Crippen LogP contribution is -2.05. The number of para-hydroxylation sites is 1. The number of nitrogens with one attached hydrogen (secondary N) is 2. The fraction of sp³-hybridized carbons (Fsp3) is 0.167. The first-order valence-corrected chi connectivity index (χ1v) is 5.97. The molecule has 0 radical (unpaired) electrons. The van der Waals surface area contributed by atoms with E-state index in [0.29, 0.717) is 16.7 Å². The second kappa shape index (κ2) is 5.55. The highest BCUT2D eigenvalue weighted by atomic mass is 35.5. The van der Waals surface area contributed by atoms with Crippen LogP contribution in [0.15, 0.2) is 30.3 Å². The molecule has 1 heterocycles. The average Bonchev–Trinajstić information content (AvgIpc) is 2.32. The lowest BCUT2D eigenvalue weighted by molar-refractivity contribution is 1.12. The number of halogens is 1. The zero-order valence-corrected chi connectivity index (χ0v) is 10.7. The van der Waals surface area contributed by atoms with Crippen LogP contribution in [-0.2, 0) is 0 Å². The zero-order valence-electron chi connectivity index (χ0n) is 9.94. The summed E-state index contributed by atoms with van der Waals surface area (Å²) in [6.07, 6.45) is 0. The van der Waals surface area contributed by atoms with Crippen LogP contribution in [0.3, 0.4) is 0 Å². The van der Waals surface area contributed by atoms with Crippen LogP contribution in [0.1, 0.15) is 6.92 Å². The molecule has 0 aliphatic heterocycles. The molecule has 1 aromatic carbocycles. The molecule has 18 heavy (non-hydrogen) atoms. The topological polar surface area (TPSA) is 75.9 Å². The van der Waals surface area contributed by atoms with Crippen LogP contribution in [0, 0.1) is 0 Å². The number of anilines is 4. The molecule has 4 N–H and O–H groups in total. The Bertz CT molecular complexity index is 544. The Morgan fingerprint density at radius 1 is 1.22 bits per heavy atom. The fourth-order valence-corrected chi connectivity index (χ4v) is 1.69. The van der Waals surface area contributed by atoms with Gasteiger partial charge in [-0.05, 0) is 19.1 Å². The van der Waals surface area contributed by atoms with Gasteiger partial charge in [0, 0.05) is 12.6 Å². The molecule has 0 bridgehead atoms. The molecule has 1 aromatic heterocycles. The van der Waals surface area contributed by atoms with E-state index in [1.54, 1.807) is 12.1 Å². The number of nitrogens with zero attached hydrogens (tertiary/aromatic N) is 2. The molecule has 2 aromatic rings. The minimum atomic E-state index is 0.211. The standard InChI is InChI=1S/C12H14ClN5/c1-2-15-10-7-11(18-12(14)17-10)16-9-6-4-3-5-8(9)13/h3-7H,2H2,1H3,(H4,14,15,16,17,18). The van der Waals surface area contributed by atoms with Crippen LogP contribution in [0.5, 0.6) is 0 Å². The molecule has 0 aliphatic carbocycles. The molecular weight excluding hydrogens is 250 g/mol. The first kappa shape index (κ1) is 12.4. The molecule has 0 amide bonds. The maximum Gasteiger partial charge on any atom is 0.223 e. The summed E-state index contributed by atoms with van der Waals surface area (Å²) in [5.74, 6) is 1.49. The maximum atomic E-state index is 6.06. The highest BCUT2D eigenvalue weighted by Gasteiger charge is 2.04. The molecule has 0 atom stereocenters. The van der Waals surface area contributed by atoms with Gasteiger partial charge in [0.1, 0.15) is 11.6 Å². The molecular formula is C12H14ClN5. The zero-order chi connectivity index (χ0) is 13.0. The molecule has 0 spiro atoms. The van der Waals surface area contributed by atoms with Gasteiger partial charge in [-0.25, -0.2) is 0 Å². The van der Waals surface area contributed by atoms with E-state index < -0.39 is 0 Å². The second-order valence-electron chi connectivity index (χ2n) is 3.63. The Morgan fingerprint density at radius 2 is 1.94 bits per heavy atom. The third-order valence-electron chi connectivity index (χ3n) is 2.24. The van der Waals surface area contributed by atoms with Crippen molar-refractivity contribution in [1.82, 2.24) is 9.97 Å². The van der Waals surface area contributed by atoms with Crippen molar-refractivity contribution < 1.29 is 0 Å². The molecule has 6 heteroatoms. The SMILES string of the molecule is CCNc1cc(Nc2ccccc2Cl)nc(N)n1. The molecule has 0 saturated heterocycles. The van der Waals surface area contributed by atoms with E-state index >= 15 is 0 Å². The van der Waals surface area contributed by atoms with Crippen molar-refractivity contribution in [3.8, 4) is 0 Å². The number of benzene rings is 1. The first-order chi connectivity index (χ1) is 8.69. The Hall–Kier alpha value is -2.01. The average molecular weight is 264 g/mol. The summed E-state index contributed by atoms with van der Waals surface area (Å²) in [6, 6.07) is 9.21. The number of hydrogen-bond donors (Lipinski definition) is 3. The van der Waals surface area contributed by atoms with Gasteiger partial charge in [-0.15, -0.1) is 0 Å². The number of nitrogen functional groups attached to an aromatic ring is 1. The predicted octanol–water partition coefficient (Wildman–Crippen LogP) is 2.89. The van der Waals surface area contributed by atoms with Gasteiger partial charge in [-0.2, -0.15) is 9.97 Å². The summed E-state index contributed by atoms with van der Waals surface area (Å²) in [5, 5.41) is 6.82. The van der Waals surface area contributed by atoms with Crippen LogP contribution >= 0.6 is 11.6 Å². The van der Waals surface area contributed by atoms with E-state index in [2.05, 4.69) is 20.6 Å². The molecule has 0 fully saturated rings. The summed E-state index contributed by atoms with van der Waals surface area (Å²) in [5.41, 5.74) is 6.42. The van der Waals surface area contributed by atoms with Crippen LogP contribution in [0.4, 0.5) is 23.3 Å². The minimum absolute atomic E-state index is 0.211. The smallest absolute Gasteiger partial charge is 0.223 e. The van der Waals surface area contributed by atoms with Gasteiger partial charge in [-0.3, -0.25) is 0 Å². The van der Waals surface area contributed by atoms with Crippen LogP contribution in [0.2, 0.25) is 5.02 Å². The van der Waals surface area contributed by atoms with E-state index in [1.165, 1.54) is 0 Å². The van der Waals surface area contributed by atoms with E-state index in [0.717, 1.165) is 12.2 Å². The third kappa shape index (κ3) is 3.01. The summed E-state index contributed by atoms with van der Waals surface area (Å²) < 4.78 is 0. The van der Waals surface area contributed by atoms with E-state index in [-0.39, 0.29) is 5.95 Å². The van der Waals surface area contributed by atoms with Crippen molar-refractivity contribution in [2.75, 3.05) is 22.9 Å². The van der Waals surface area contributed by atoms with Crippen molar-refractivity contribution in [3.63, 3.8) is 0 Å². The maximum absolute atomic E-state index is 6.06. The largest absolute Gasteiger partial charge is 0.370 e. The van der Waals surface area contributed by atoms with Gasteiger partial charge >= 0.3 is 0 Å². The quantitative estimate of drug-likeness (QED) is 0.791. The molecule has 2 rings (SSSR count). The summed E-state index contributed by atoms with van der Waals surface area (Å²) in [7, 11) is 0. The third-order valence-corrected chi connectivity index (χ3v) is 2.57. The van der Waals surface area contributed by atoms with Gasteiger partial charge in [0.15, 0.2) is 0 Å².